The molecule has 0 bridgehead atoms. The lowest BCUT2D eigenvalue weighted by atomic mass is 10.0. The molecule has 1 N–H and O–H groups in total. The summed E-state index contributed by atoms with van der Waals surface area (Å²) in [6.07, 6.45) is 6.17. The average molecular weight is 235 g/mol. The fourth-order valence-electron chi connectivity index (χ4n) is 0.939. The van der Waals surface area contributed by atoms with E-state index in [0.29, 0.717) is 12.3 Å². The molecular weight excluding hydrogens is 216 g/mol. The van der Waals surface area contributed by atoms with Gasteiger partial charge in [0.2, 0.25) is 0 Å². The number of carbonyl (C=O) groups excluding carboxylic acids is 1. The lowest BCUT2D eigenvalue weighted by Crippen LogP contribution is -1.93. The van der Waals surface area contributed by atoms with Gasteiger partial charge < -0.3 is 13.9 Å². The second-order valence-electron chi connectivity index (χ2n) is 3.58. The van der Waals surface area contributed by atoms with Gasteiger partial charge >= 0.3 is 0 Å². The van der Waals surface area contributed by atoms with Crippen molar-refractivity contribution in [1.82, 2.24) is 0 Å². The van der Waals surface area contributed by atoms with Crippen LogP contribution in [0.2, 0.25) is 0 Å². The molecule has 0 spiro atoms. The minimum Gasteiger partial charge on any atom is -0.750 e. The molecule has 0 radical (unpaired) electrons. The predicted molar refractivity (Wildman–Crippen MR) is 60.1 cm³/mol. The summed E-state index contributed by atoms with van der Waals surface area (Å²) in [6.45, 7) is 6.32. The molecule has 2 atom stereocenters. The van der Waals surface area contributed by atoms with E-state index < -0.39 is 11.4 Å². The monoisotopic (exact) mass is 235 g/mol. The lowest BCUT2D eigenvalue weighted by Gasteiger charge is -2.03. The zero-order valence-electron chi connectivity index (χ0n) is 9.43. The summed E-state index contributed by atoms with van der Waals surface area (Å²) in [5, 5.41) is 0. The summed E-state index contributed by atoms with van der Waals surface area (Å²) in [4.78, 5) is 10.1. The van der Waals surface area contributed by atoms with Gasteiger partial charge in [-0.1, -0.05) is 18.6 Å². The number of rotatable bonds is 5. The normalized spacial score (nSPS) is 13.1. The minimum atomic E-state index is -2.86. The molecule has 0 amide bonds. The van der Waals surface area contributed by atoms with Gasteiger partial charge in [-0.25, -0.2) is 4.21 Å². The second-order valence-corrected chi connectivity index (χ2v) is 4.02. The van der Waals surface area contributed by atoms with Crippen LogP contribution < -0.4 is 0 Å². The van der Waals surface area contributed by atoms with Gasteiger partial charge in [0.25, 0.3) is 0 Å². The minimum absolute atomic E-state index is 0.545. The Kier molecular flexibility index (Phi) is 13.0. The Morgan fingerprint density at radius 2 is 2.00 bits per heavy atom. The molecule has 4 nitrogen and oxygen atoms in total. The van der Waals surface area contributed by atoms with Crippen LogP contribution in [0.25, 0.3) is 0 Å². The van der Waals surface area contributed by atoms with Crippen molar-refractivity contribution in [3.63, 3.8) is 0 Å². The van der Waals surface area contributed by atoms with Gasteiger partial charge in [0.05, 0.1) is 11.4 Å². The van der Waals surface area contributed by atoms with Crippen molar-refractivity contribution in [2.75, 3.05) is 0 Å². The molecule has 15 heavy (non-hydrogen) atoms. The highest BCUT2D eigenvalue weighted by Crippen LogP contribution is 2.09. The van der Waals surface area contributed by atoms with Crippen molar-refractivity contribution in [3.8, 4) is 0 Å². The van der Waals surface area contributed by atoms with Gasteiger partial charge in [0, 0.05) is 6.42 Å². The maximum absolute atomic E-state index is 10.1. The number of hydrogen-bond donors (Lipinski definition) is 1. The predicted octanol–water partition coefficient (Wildman–Crippen LogP) is 2.30. The Hall–Kier alpha value is -0.520. The summed E-state index contributed by atoms with van der Waals surface area (Å²) in [6, 6.07) is 0. The molecule has 0 aliphatic heterocycles. The molecule has 0 fully saturated rings. The molecular formula is C10H19O4S-. The number of allylic oxidation sites excluding steroid dienone is 2. The van der Waals surface area contributed by atoms with Gasteiger partial charge in [-0.3, -0.25) is 0 Å². The molecule has 0 saturated heterocycles. The van der Waals surface area contributed by atoms with Gasteiger partial charge in [0.1, 0.15) is 6.29 Å². The summed E-state index contributed by atoms with van der Waals surface area (Å²) >= 11 is -2.86. The molecule has 5 heteroatoms. The third-order valence-corrected chi connectivity index (χ3v) is 1.71. The van der Waals surface area contributed by atoms with Crippen molar-refractivity contribution < 1.29 is 18.1 Å². The lowest BCUT2D eigenvalue weighted by molar-refractivity contribution is -0.108. The number of aldehydes is 1. The standard InChI is InChI=1S/C10H18O.H2O3S/c1-9(2)5-4-6-10(3)7-8-11;1-4(2)3/h5,8,10H,4,6-7H2,1-3H3;(H2,1,2,3)/p-1. The van der Waals surface area contributed by atoms with E-state index in [-0.39, 0.29) is 0 Å². The van der Waals surface area contributed by atoms with Gasteiger partial charge in [-0.15, -0.1) is 0 Å². The molecule has 0 aromatic carbocycles. The van der Waals surface area contributed by atoms with Crippen LogP contribution in [0.3, 0.4) is 0 Å². The van der Waals surface area contributed by atoms with Crippen molar-refractivity contribution in [3.05, 3.63) is 11.6 Å². The third kappa shape index (κ3) is 24.7. The van der Waals surface area contributed by atoms with Crippen molar-refractivity contribution >= 4 is 17.6 Å². The number of carbonyl (C=O) groups is 1. The quantitative estimate of drug-likeness (QED) is 0.450. The Morgan fingerprint density at radius 1 is 1.53 bits per heavy atom. The molecule has 0 rings (SSSR count). The first kappa shape index (κ1) is 16.9. The van der Waals surface area contributed by atoms with Gasteiger partial charge in [-0.05, 0) is 32.6 Å². The van der Waals surface area contributed by atoms with Crippen molar-refractivity contribution in [2.45, 2.75) is 40.0 Å². The molecule has 0 aromatic rings. The topological polar surface area (TPSA) is 77.4 Å². The SMILES string of the molecule is CC(C)=CCCC(C)CC=O.O=S([O-])O. The van der Waals surface area contributed by atoms with E-state index in [1.807, 2.05) is 0 Å². The van der Waals surface area contributed by atoms with Crippen molar-refractivity contribution in [2.24, 2.45) is 5.92 Å². The van der Waals surface area contributed by atoms with Gasteiger partial charge in [-0.2, -0.15) is 0 Å². The average Bonchev–Trinajstić information content (AvgIpc) is 2.02. The fraction of sp³-hybridized carbons (Fsp3) is 0.700. The van der Waals surface area contributed by atoms with E-state index in [1.54, 1.807) is 0 Å². The molecule has 0 aromatic heterocycles. The van der Waals surface area contributed by atoms with Crippen LogP contribution in [0.5, 0.6) is 0 Å². The second kappa shape index (κ2) is 11.6. The van der Waals surface area contributed by atoms with Crippen molar-refractivity contribution in [1.29, 1.82) is 0 Å². The largest absolute Gasteiger partial charge is 0.750 e. The Morgan fingerprint density at radius 3 is 2.33 bits per heavy atom. The summed E-state index contributed by atoms with van der Waals surface area (Å²) in [5.74, 6) is 0.545. The number of hydrogen-bond acceptors (Lipinski definition) is 3. The smallest absolute Gasteiger partial charge is 0.120 e. The Balaban J connectivity index is 0. The zero-order chi connectivity index (χ0) is 12.3. The highest BCUT2D eigenvalue weighted by molar-refractivity contribution is 7.73. The molecule has 0 saturated carbocycles. The maximum atomic E-state index is 10.1. The van der Waals surface area contributed by atoms with E-state index in [1.165, 1.54) is 5.57 Å². The highest BCUT2D eigenvalue weighted by Gasteiger charge is 1.98. The summed E-state index contributed by atoms with van der Waals surface area (Å²) in [7, 11) is 0. The van der Waals surface area contributed by atoms with E-state index in [0.717, 1.165) is 19.1 Å². The zero-order valence-corrected chi connectivity index (χ0v) is 10.3. The first-order valence-corrected chi connectivity index (χ1v) is 5.78. The van der Waals surface area contributed by atoms with Crippen LogP contribution in [-0.4, -0.2) is 19.6 Å². The van der Waals surface area contributed by atoms with Crippen LogP contribution in [0.1, 0.15) is 40.0 Å². The highest BCUT2D eigenvalue weighted by atomic mass is 32.2. The molecule has 0 heterocycles. The molecule has 0 aliphatic carbocycles. The van der Waals surface area contributed by atoms with E-state index in [9.17, 15) is 4.79 Å². The summed E-state index contributed by atoms with van der Waals surface area (Å²) in [5.41, 5.74) is 1.36. The van der Waals surface area contributed by atoms with Crippen LogP contribution in [0, 0.1) is 5.92 Å². The van der Waals surface area contributed by atoms with E-state index in [4.69, 9.17) is 13.3 Å². The Bertz CT molecular complexity index is 205. The molecule has 90 valence electrons. The molecule has 2 unspecified atom stereocenters. The van der Waals surface area contributed by atoms with Crippen LogP contribution in [0.4, 0.5) is 0 Å². The first-order valence-electron chi connectivity index (χ1n) is 4.75. The fourth-order valence-corrected chi connectivity index (χ4v) is 0.939. The van der Waals surface area contributed by atoms with Gasteiger partial charge in [0.15, 0.2) is 0 Å². The Labute approximate surface area is 93.9 Å². The van der Waals surface area contributed by atoms with E-state index in [2.05, 4.69) is 26.8 Å². The third-order valence-electron chi connectivity index (χ3n) is 1.71. The summed E-state index contributed by atoms with van der Waals surface area (Å²) < 4.78 is 24.1. The first-order chi connectivity index (χ1) is 6.90. The van der Waals surface area contributed by atoms with Crippen LogP contribution in [-0.2, 0) is 16.2 Å². The van der Waals surface area contributed by atoms with Crippen LogP contribution in [0.15, 0.2) is 11.6 Å². The maximum Gasteiger partial charge on any atom is 0.120 e. The van der Waals surface area contributed by atoms with Crippen LogP contribution >= 0.6 is 0 Å². The molecule has 0 aliphatic rings. The van der Waals surface area contributed by atoms with E-state index >= 15 is 0 Å².